The summed E-state index contributed by atoms with van der Waals surface area (Å²) in [5.74, 6) is 3.02. The van der Waals surface area contributed by atoms with Gasteiger partial charge in [-0.15, -0.1) is 23.5 Å². The number of aromatic hydroxyl groups is 1. The molecule has 1 N–H and O–H groups in total. The molecule has 22 heavy (non-hydrogen) atoms. The highest BCUT2D eigenvalue weighted by Crippen LogP contribution is 2.46. The Bertz CT molecular complexity index is 646. The van der Waals surface area contributed by atoms with Gasteiger partial charge < -0.3 is 5.11 Å². The Labute approximate surface area is 140 Å². The molecule has 3 heteroatoms. The fourth-order valence-electron chi connectivity index (χ4n) is 2.56. The Morgan fingerprint density at radius 2 is 1.82 bits per heavy atom. The molecule has 1 nitrogen and oxygen atoms in total. The largest absolute Gasteiger partial charge is 0.508 e. The lowest BCUT2D eigenvalue weighted by Gasteiger charge is -2.14. The Kier molecular flexibility index (Phi) is 5.16. The Morgan fingerprint density at radius 1 is 1.09 bits per heavy atom. The third-order valence-electron chi connectivity index (χ3n) is 3.81. The maximum atomic E-state index is 10.2. The van der Waals surface area contributed by atoms with E-state index in [1.165, 1.54) is 22.6 Å². The van der Waals surface area contributed by atoms with Crippen molar-refractivity contribution in [2.75, 3.05) is 11.5 Å². The molecule has 0 radical (unpaired) electrons. The third-order valence-corrected chi connectivity index (χ3v) is 6.92. The van der Waals surface area contributed by atoms with E-state index in [0.717, 1.165) is 5.56 Å². The molecule has 1 aliphatic heterocycles. The van der Waals surface area contributed by atoms with Gasteiger partial charge in [0.25, 0.3) is 0 Å². The van der Waals surface area contributed by atoms with Crippen LogP contribution in [0.1, 0.15) is 34.1 Å². The van der Waals surface area contributed by atoms with Crippen LogP contribution in [0.5, 0.6) is 5.75 Å². The molecule has 0 aliphatic carbocycles. The topological polar surface area (TPSA) is 20.2 Å². The molecule has 2 aromatic carbocycles. The second-order valence-corrected chi connectivity index (χ2v) is 8.17. The first-order chi connectivity index (χ1) is 10.7. The third kappa shape index (κ3) is 3.71. The lowest BCUT2D eigenvalue weighted by atomic mass is 9.97. The van der Waals surface area contributed by atoms with Crippen molar-refractivity contribution in [1.29, 1.82) is 0 Å². The van der Waals surface area contributed by atoms with Crippen LogP contribution in [-0.2, 0) is 0 Å². The molecular formula is C19H20OS2. The van der Waals surface area contributed by atoms with Crippen LogP contribution < -0.4 is 0 Å². The molecule has 3 rings (SSSR count). The lowest BCUT2D eigenvalue weighted by Crippen LogP contribution is -1.94. The van der Waals surface area contributed by atoms with Gasteiger partial charge in [0.05, 0.1) is 4.58 Å². The average Bonchev–Trinajstić information content (AvgIpc) is 3.08. The minimum absolute atomic E-state index is 0.191. The minimum atomic E-state index is 0.191. The number of phenolic OH excluding ortho intramolecular Hbond substituents is 1. The van der Waals surface area contributed by atoms with Crippen molar-refractivity contribution in [2.45, 2.75) is 17.4 Å². The van der Waals surface area contributed by atoms with Crippen molar-refractivity contribution < 1.29 is 5.11 Å². The van der Waals surface area contributed by atoms with Crippen LogP contribution in [-0.4, -0.2) is 16.6 Å². The molecule has 1 aliphatic rings. The van der Waals surface area contributed by atoms with E-state index in [1.807, 2.05) is 47.8 Å². The Morgan fingerprint density at radius 3 is 2.55 bits per heavy atom. The number of hydrogen-bond acceptors (Lipinski definition) is 3. The van der Waals surface area contributed by atoms with Crippen molar-refractivity contribution in [2.24, 2.45) is 0 Å². The highest BCUT2D eigenvalue weighted by atomic mass is 32.2. The van der Waals surface area contributed by atoms with Gasteiger partial charge in [0.2, 0.25) is 0 Å². The maximum absolute atomic E-state index is 10.2. The van der Waals surface area contributed by atoms with Crippen molar-refractivity contribution in [3.05, 3.63) is 71.3 Å². The Hall–Kier alpha value is -1.32. The zero-order valence-electron chi connectivity index (χ0n) is 12.6. The smallest absolute Gasteiger partial charge is 0.119 e. The van der Waals surface area contributed by atoms with E-state index in [9.17, 15) is 5.11 Å². The van der Waals surface area contributed by atoms with E-state index < -0.39 is 0 Å². The predicted octanol–water partition coefficient (Wildman–Crippen LogP) is 5.69. The molecule has 1 fully saturated rings. The molecule has 1 saturated heterocycles. The zero-order valence-corrected chi connectivity index (χ0v) is 14.2. The van der Waals surface area contributed by atoms with E-state index in [4.69, 9.17) is 0 Å². The summed E-state index contributed by atoms with van der Waals surface area (Å²) in [6.07, 6.45) is 4.28. The predicted molar refractivity (Wildman–Crippen MR) is 99.7 cm³/mol. The maximum Gasteiger partial charge on any atom is 0.119 e. The van der Waals surface area contributed by atoms with Gasteiger partial charge in [-0.25, -0.2) is 0 Å². The first-order valence-corrected chi connectivity index (χ1v) is 9.63. The molecule has 114 valence electrons. The van der Waals surface area contributed by atoms with Gasteiger partial charge in [-0.3, -0.25) is 0 Å². The van der Waals surface area contributed by atoms with Crippen LogP contribution in [0.25, 0.3) is 6.08 Å². The van der Waals surface area contributed by atoms with E-state index >= 15 is 0 Å². The van der Waals surface area contributed by atoms with Gasteiger partial charge in [-0.1, -0.05) is 55.5 Å². The van der Waals surface area contributed by atoms with Crippen LogP contribution in [0, 0.1) is 0 Å². The number of benzene rings is 2. The molecule has 1 unspecified atom stereocenters. The molecule has 1 heterocycles. The number of hydrogen-bond donors (Lipinski definition) is 1. The number of allylic oxidation sites excluding steroid dienone is 1. The van der Waals surface area contributed by atoms with Gasteiger partial charge in [0.15, 0.2) is 0 Å². The monoisotopic (exact) mass is 328 g/mol. The van der Waals surface area contributed by atoms with Crippen LogP contribution in [0.15, 0.2) is 54.6 Å². The van der Waals surface area contributed by atoms with Crippen LogP contribution in [0.4, 0.5) is 0 Å². The van der Waals surface area contributed by atoms with Crippen molar-refractivity contribution in [3.8, 4) is 5.75 Å². The number of rotatable bonds is 4. The van der Waals surface area contributed by atoms with E-state index in [1.54, 1.807) is 0 Å². The summed E-state index contributed by atoms with van der Waals surface area (Å²) < 4.78 is 0.518. The highest BCUT2D eigenvalue weighted by Gasteiger charge is 2.20. The van der Waals surface area contributed by atoms with Gasteiger partial charge in [0.1, 0.15) is 5.75 Å². The van der Waals surface area contributed by atoms with E-state index in [0.29, 0.717) is 10.3 Å². The number of thioether (sulfide) groups is 2. The molecule has 0 bridgehead atoms. The van der Waals surface area contributed by atoms with Crippen LogP contribution in [0.3, 0.4) is 0 Å². The summed E-state index contributed by atoms with van der Waals surface area (Å²) in [5, 5.41) is 10.2. The fraction of sp³-hybridized carbons (Fsp3) is 0.263. The first kappa shape index (κ1) is 15.6. The summed E-state index contributed by atoms with van der Waals surface area (Å²) in [6.45, 7) is 2.13. The van der Waals surface area contributed by atoms with E-state index in [-0.39, 0.29) is 5.92 Å². The van der Waals surface area contributed by atoms with Gasteiger partial charge >= 0.3 is 0 Å². The SMILES string of the molecule is CC(C=Cc1ccccc1)c1cc(C2SCCS2)ccc1O. The molecule has 0 aromatic heterocycles. The second-order valence-electron chi connectivity index (χ2n) is 5.45. The zero-order chi connectivity index (χ0) is 15.4. The van der Waals surface area contributed by atoms with Crippen molar-refractivity contribution >= 4 is 29.6 Å². The lowest BCUT2D eigenvalue weighted by molar-refractivity contribution is 0.466. The molecule has 0 spiro atoms. The normalized spacial score (nSPS) is 17.1. The summed E-state index contributed by atoms with van der Waals surface area (Å²) in [6, 6.07) is 16.3. The fourth-order valence-corrected chi connectivity index (χ4v) is 5.40. The Balaban J connectivity index is 1.80. The molecule has 0 amide bonds. The molecule has 2 aromatic rings. The van der Waals surface area contributed by atoms with Crippen molar-refractivity contribution in [3.63, 3.8) is 0 Å². The molecule has 1 atom stereocenters. The highest BCUT2D eigenvalue weighted by molar-refractivity contribution is 8.19. The number of phenols is 1. The van der Waals surface area contributed by atoms with E-state index in [2.05, 4.69) is 43.3 Å². The van der Waals surface area contributed by atoms with Gasteiger partial charge in [-0.2, -0.15) is 0 Å². The molecule has 0 saturated carbocycles. The first-order valence-electron chi connectivity index (χ1n) is 7.53. The summed E-state index contributed by atoms with van der Waals surface area (Å²) >= 11 is 3.99. The summed E-state index contributed by atoms with van der Waals surface area (Å²) in [4.78, 5) is 0. The van der Waals surface area contributed by atoms with Crippen LogP contribution >= 0.6 is 23.5 Å². The van der Waals surface area contributed by atoms with Crippen LogP contribution in [0.2, 0.25) is 0 Å². The average molecular weight is 329 g/mol. The van der Waals surface area contributed by atoms with Gasteiger partial charge in [-0.05, 0) is 23.3 Å². The van der Waals surface area contributed by atoms with Crippen molar-refractivity contribution in [1.82, 2.24) is 0 Å². The second kappa shape index (κ2) is 7.30. The standard InChI is InChI=1S/C19H20OS2/c1-14(7-8-15-5-3-2-4-6-15)17-13-16(9-10-18(17)20)19-21-11-12-22-19/h2-10,13-14,19-20H,11-12H2,1H3. The summed E-state index contributed by atoms with van der Waals surface area (Å²) in [5.41, 5.74) is 3.52. The molecular weight excluding hydrogens is 308 g/mol. The minimum Gasteiger partial charge on any atom is -0.508 e. The quantitative estimate of drug-likeness (QED) is 0.779. The summed E-state index contributed by atoms with van der Waals surface area (Å²) in [7, 11) is 0. The van der Waals surface area contributed by atoms with Gasteiger partial charge in [0, 0.05) is 23.0 Å².